The van der Waals surface area contributed by atoms with E-state index >= 15 is 0 Å². The Morgan fingerprint density at radius 2 is 1.52 bits per heavy atom. The van der Waals surface area contributed by atoms with Crippen LogP contribution < -0.4 is 20.9 Å². The standard InChI is InChI=1S/C22H23ClN6O2/c1-15-14-20(29-10-12-31-13-11-29)28-21(24-15)25-17-6-8-19(9-7-17)27-22(30)26-18-4-2-16(23)3-5-18/h2-9,14H,10-13H2,1H3,(H,24,25,28)(H2,26,27,30). The van der Waals surface area contributed by atoms with Crippen LogP contribution in [0.2, 0.25) is 5.02 Å². The Bertz CT molecular complexity index is 1040. The van der Waals surface area contributed by atoms with Crippen molar-refractivity contribution in [3.05, 3.63) is 65.3 Å². The molecule has 1 aliphatic rings. The van der Waals surface area contributed by atoms with Gasteiger partial charge in [0.25, 0.3) is 0 Å². The van der Waals surface area contributed by atoms with Crippen LogP contribution in [0.25, 0.3) is 0 Å². The van der Waals surface area contributed by atoms with Crippen LogP contribution in [-0.2, 0) is 4.74 Å². The van der Waals surface area contributed by atoms with Gasteiger partial charge in [-0.2, -0.15) is 4.98 Å². The molecule has 0 bridgehead atoms. The molecule has 2 heterocycles. The number of urea groups is 1. The molecule has 0 unspecified atom stereocenters. The van der Waals surface area contributed by atoms with Crippen molar-refractivity contribution in [2.45, 2.75) is 6.92 Å². The third kappa shape index (κ3) is 5.84. The Morgan fingerprint density at radius 3 is 2.16 bits per heavy atom. The van der Waals surface area contributed by atoms with Crippen molar-refractivity contribution < 1.29 is 9.53 Å². The largest absolute Gasteiger partial charge is 0.378 e. The third-order valence-electron chi connectivity index (χ3n) is 4.68. The van der Waals surface area contributed by atoms with Crippen molar-refractivity contribution in [1.29, 1.82) is 0 Å². The fourth-order valence-electron chi connectivity index (χ4n) is 3.15. The van der Waals surface area contributed by atoms with E-state index in [0.717, 1.165) is 30.3 Å². The van der Waals surface area contributed by atoms with Crippen molar-refractivity contribution in [2.75, 3.05) is 47.2 Å². The van der Waals surface area contributed by atoms with Gasteiger partial charge in [0.1, 0.15) is 5.82 Å². The Hall–Kier alpha value is -3.36. The van der Waals surface area contributed by atoms with Crippen LogP contribution >= 0.6 is 11.6 Å². The summed E-state index contributed by atoms with van der Waals surface area (Å²) < 4.78 is 5.41. The number of morpholine rings is 1. The van der Waals surface area contributed by atoms with E-state index in [4.69, 9.17) is 16.3 Å². The predicted molar refractivity (Wildman–Crippen MR) is 124 cm³/mol. The van der Waals surface area contributed by atoms with Gasteiger partial charge in [-0.1, -0.05) is 11.6 Å². The van der Waals surface area contributed by atoms with Crippen LogP contribution in [0.5, 0.6) is 0 Å². The van der Waals surface area contributed by atoms with E-state index in [1.54, 1.807) is 24.3 Å². The molecule has 2 amide bonds. The molecule has 4 rings (SSSR count). The third-order valence-corrected chi connectivity index (χ3v) is 4.93. The SMILES string of the molecule is Cc1cc(N2CCOCC2)nc(Nc2ccc(NC(=O)Nc3ccc(Cl)cc3)cc2)n1. The zero-order chi connectivity index (χ0) is 21.6. The highest BCUT2D eigenvalue weighted by molar-refractivity contribution is 6.30. The number of benzene rings is 2. The van der Waals surface area contributed by atoms with Gasteiger partial charge in [0.15, 0.2) is 0 Å². The van der Waals surface area contributed by atoms with E-state index in [1.807, 2.05) is 37.3 Å². The molecule has 2 aromatic carbocycles. The number of ether oxygens (including phenoxy) is 1. The van der Waals surface area contributed by atoms with Crippen molar-refractivity contribution in [2.24, 2.45) is 0 Å². The second kappa shape index (κ2) is 9.63. The Balaban J connectivity index is 1.37. The van der Waals surface area contributed by atoms with Gasteiger partial charge in [-0.3, -0.25) is 0 Å². The topological polar surface area (TPSA) is 91.4 Å². The summed E-state index contributed by atoms with van der Waals surface area (Å²) >= 11 is 5.86. The van der Waals surface area contributed by atoms with Crippen LogP contribution in [0.1, 0.15) is 5.69 Å². The Morgan fingerprint density at radius 1 is 0.935 bits per heavy atom. The second-order valence-corrected chi connectivity index (χ2v) is 7.52. The molecule has 1 aliphatic heterocycles. The number of hydrogen-bond donors (Lipinski definition) is 3. The average molecular weight is 439 g/mol. The molecule has 0 spiro atoms. The molecular weight excluding hydrogens is 416 g/mol. The average Bonchev–Trinajstić information content (AvgIpc) is 2.77. The number of aryl methyl sites for hydroxylation is 1. The Kier molecular flexibility index (Phi) is 6.49. The highest BCUT2D eigenvalue weighted by Gasteiger charge is 2.14. The summed E-state index contributed by atoms with van der Waals surface area (Å²) in [5.41, 5.74) is 3.03. The number of carbonyl (C=O) groups excluding carboxylic acids is 1. The molecule has 3 aromatic rings. The smallest absolute Gasteiger partial charge is 0.323 e. The lowest BCUT2D eigenvalue weighted by molar-refractivity contribution is 0.122. The number of aromatic nitrogens is 2. The van der Waals surface area contributed by atoms with Gasteiger partial charge < -0.3 is 25.6 Å². The molecule has 0 aliphatic carbocycles. The summed E-state index contributed by atoms with van der Waals surface area (Å²) in [5, 5.41) is 9.40. The van der Waals surface area contributed by atoms with Crippen LogP contribution in [0, 0.1) is 6.92 Å². The van der Waals surface area contributed by atoms with Crippen molar-refractivity contribution >= 4 is 46.5 Å². The molecule has 1 fully saturated rings. The summed E-state index contributed by atoms with van der Waals surface area (Å²) in [5.74, 6) is 1.41. The normalized spacial score (nSPS) is 13.5. The lowest BCUT2D eigenvalue weighted by Crippen LogP contribution is -2.36. The van der Waals surface area contributed by atoms with Crippen molar-refractivity contribution in [1.82, 2.24) is 9.97 Å². The molecule has 0 saturated carbocycles. The molecular formula is C22H23ClN6O2. The maximum atomic E-state index is 12.2. The van der Waals surface area contributed by atoms with Crippen LogP contribution in [0.15, 0.2) is 54.6 Å². The molecule has 3 N–H and O–H groups in total. The first-order valence-electron chi connectivity index (χ1n) is 9.94. The first kappa shape index (κ1) is 20.9. The van der Waals surface area contributed by atoms with Gasteiger partial charge in [0.2, 0.25) is 5.95 Å². The minimum atomic E-state index is -0.333. The number of carbonyl (C=O) groups is 1. The lowest BCUT2D eigenvalue weighted by Gasteiger charge is -2.28. The first-order chi connectivity index (χ1) is 15.0. The minimum absolute atomic E-state index is 0.333. The molecule has 31 heavy (non-hydrogen) atoms. The van der Waals surface area contributed by atoms with E-state index < -0.39 is 0 Å². The van der Waals surface area contributed by atoms with E-state index in [1.165, 1.54) is 0 Å². The predicted octanol–water partition coefficient (Wildman–Crippen LogP) is 4.66. The highest BCUT2D eigenvalue weighted by Crippen LogP contribution is 2.21. The zero-order valence-electron chi connectivity index (χ0n) is 17.1. The summed E-state index contributed by atoms with van der Waals surface area (Å²) in [6, 6.07) is 15.9. The molecule has 9 heteroatoms. The number of hydrogen-bond acceptors (Lipinski definition) is 6. The van der Waals surface area contributed by atoms with Crippen molar-refractivity contribution in [3.63, 3.8) is 0 Å². The first-order valence-corrected chi connectivity index (χ1v) is 10.3. The highest BCUT2D eigenvalue weighted by atomic mass is 35.5. The molecule has 0 radical (unpaired) electrons. The van der Waals surface area contributed by atoms with Gasteiger partial charge in [-0.25, -0.2) is 9.78 Å². The monoisotopic (exact) mass is 438 g/mol. The minimum Gasteiger partial charge on any atom is -0.378 e. The molecule has 0 atom stereocenters. The van der Waals surface area contributed by atoms with Gasteiger partial charge in [-0.05, 0) is 55.5 Å². The second-order valence-electron chi connectivity index (χ2n) is 7.08. The fourth-order valence-corrected chi connectivity index (χ4v) is 3.28. The number of anilines is 5. The van der Waals surface area contributed by atoms with Gasteiger partial charge >= 0.3 is 6.03 Å². The molecule has 8 nitrogen and oxygen atoms in total. The summed E-state index contributed by atoms with van der Waals surface area (Å²) in [6.07, 6.45) is 0. The zero-order valence-corrected chi connectivity index (χ0v) is 17.8. The molecule has 160 valence electrons. The van der Waals surface area contributed by atoms with Crippen LogP contribution in [0.4, 0.5) is 33.6 Å². The van der Waals surface area contributed by atoms with E-state index in [0.29, 0.717) is 35.6 Å². The quantitative estimate of drug-likeness (QED) is 0.536. The maximum Gasteiger partial charge on any atom is 0.323 e. The van der Waals surface area contributed by atoms with E-state index in [9.17, 15) is 4.79 Å². The van der Waals surface area contributed by atoms with Crippen LogP contribution in [0.3, 0.4) is 0 Å². The van der Waals surface area contributed by atoms with Crippen LogP contribution in [-0.4, -0.2) is 42.3 Å². The lowest BCUT2D eigenvalue weighted by atomic mass is 10.3. The van der Waals surface area contributed by atoms with Gasteiger partial charge in [-0.15, -0.1) is 0 Å². The Labute approximate surface area is 185 Å². The maximum absolute atomic E-state index is 12.2. The van der Waals surface area contributed by atoms with E-state index in [2.05, 4.69) is 30.8 Å². The molecule has 1 saturated heterocycles. The number of rotatable bonds is 5. The molecule has 1 aromatic heterocycles. The number of halogens is 1. The van der Waals surface area contributed by atoms with E-state index in [-0.39, 0.29) is 6.03 Å². The number of nitrogens with one attached hydrogen (secondary N) is 3. The van der Waals surface area contributed by atoms with Crippen molar-refractivity contribution in [3.8, 4) is 0 Å². The fraction of sp³-hybridized carbons (Fsp3) is 0.227. The number of nitrogens with zero attached hydrogens (tertiary/aromatic N) is 3. The van der Waals surface area contributed by atoms with Gasteiger partial charge in [0.05, 0.1) is 13.2 Å². The van der Waals surface area contributed by atoms with Gasteiger partial charge in [0, 0.05) is 46.9 Å². The summed E-state index contributed by atoms with van der Waals surface area (Å²) in [7, 11) is 0. The number of amides is 2. The summed E-state index contributed by atoms with van der Waals surface area (Å²) in [6.45, 7) is 4.98. The summed E-state index contributed by atoms with van der Waals surface area (Å²) in [4.78, 5) is 23.5.